The second kappa shape index (κ2) is 3.89. The van der Waals surface area contributed by atoms with E-state index in [9.17, 15) is 0 Å². The van der Waals surface area contributed by atoms with Crippen LogP contribution < -0.4 is 0 Å². The highest BCUT2D eigenvalue weighted by Gasteiger charge is 2.10. The molecule has 0 aliphatic carbocycles. The summed E-state index contributed by atoms with van der Waals surface area (Å²) in [5.74, 6) is 0. The molecule has 0 amide bonds. The first-order valence-electron chi connectivity index (χ1n) is 3.65. The van der Waals surface area contributed by atoms with E-state index in [1.807, 2.05) is 12.1 Å². The lowest BCUT2D eigenvalue weighted by Crippen LogP contribution is -1.73. The maximum absolute atomic E-state index is 6.07. The van der Waals surface area contributed by atoms with Crippen molar-refractivity contribution in [3.05, 3.63) is 32.6 Å². The molecule has 0 saturated carbocycles. The van der Waals surface area contributed by atoms with Crippen molar-refractivity contribution in [3.8, 4) is 0 Å². The van der Waals surface area contributed by atoms with Crippen LogP contribution in [0.2, 0.25) is 5.02 Å². The Hall–Kier alpha value is 0.430. The van der Waals surface area contributed by atoms with Crippen molar-refractivity contribution in [2.45, 2.75) is 5.33 Å². The van der Waals surface area contributed by atoms with Crippen LogP contribution >= 0.6 is 54.8 Å². The molecular formula is C9H5Br2ClS. The van der Waals surface area contributed by atoms with Crippen LogP contribution in [0, 0.1) is 0 Å². The van der Waals surface area contributed by atoms with Crippen LogP contribution in [-0.4, -0.2) is 0 Å². The van der Waals surface area contributed by atoms with Crippen LogP contribution in [0.1, 0.15) is 5.56 Å². The third-order valence-electron chi connectivity index (χ3n) is 1.85. The minimum Gasteiger partial charge on any atom is -0.126 e. The molecule has 13 heavy (non-hydrogen) atoms. The number of alkyl halides is 1. The topological polar surface area (TPSA) is 0 Å². The zero-order chi connectivity index (χ0) is 9.42. The van der Waals surface area contributed by atoms with Gasteiger partial charge in [-0.05, 0) is 32.9 Å². The molecule has 0 spiro atoms. The predicted molar refractivity (Wildman–Crippen MR) is 67.2 cm³/mol. The molecule has 0 unspecified atom stereocenters. The maximum atomic E-state index is 6.07. The second-order valence-electron chi connectivity index (χ2n) is 2.60. The largest absolute Gasteiger partial charge is 0.126 e. The van der Waals surface area contributed by atoms with Crippen LogP contribution in [0.4, 0.5) is 0 Å². The van der Waals surface area contributed by atoms with E-state index in [0.717, 1.165) is 18.8 Å². The van der Waals surface area contributed by atoms with Crippen molar-refractivity contribution in [1.29, 1.82) is 0 Å². The Bertz CT molecular complexity index is 450. The van der Waals surface area contributed by atoms with E-state index in [0.29, 0.717) is 0 Å². The van der Waals surface area contributed by atoms with Gasteiger partial charge >= 0.3 is 0 Å². The van der Waals surface area contributed by atoms with E-state index in [4.69, 9.17) is 11.6 Å². The van der Waals surface area contributed by atoms with E-state index in [1.165, 1.54) is 10.9 Å². The van der Waals surface area contributed by atoms with Gasteiger partial charge in [0.25, 0.3) is 0 Å². The van der Waals surface area contributed by atoms with Crippen LogP contribution in [0.15, 0.2) is 22.0 Å². The molecule has 0 fully saturated rings. The smallest absolute Gasteiger partial charge is 0.0752 e. The fourth-order valence-electron chi connectivity index (χ4n) is 1.23. The van der Waals surface area contributed by atoms with Crippen molar-refractivity contribution < 1.29 is 0 Å². The van der Waals surface area contributed by atoms with Crippen molar-refractivity contribution in [3.63, 3.8) is 0 Å². The van der Waals surface area contributed by atoms with Crippen LogP contribution in [0.5, 0.6) is 0 Å². The van der Waals surface area contributed by atoms with Crippen molar-refractivity contribution in [1.82, 2.24) is 0 Å². The molecule has 2 rings (SSSR count). The number of benzene rings is 1. The predicted octanol–water partition coefficient (Wildman–Crippen LogP) is 5.21. The van der Waals surface area contributed by atoms with Gasteiger partial charge in [-0.15, -0.1) is 11.3 Å². The molecule has 0 saturated heterocycles. The van der Waals surface area contributed by atoms with Gasteiger partial charge < -0.3 is 0 Å². The molecule has 0 N–H and O–H groups in total. The third-order valence-corrected chi connectivity index (χ3v) is 4.88. The molecule has 0 atom stereocenters. The minimum absolute atomic E-state index is 0.829. The summed E-state index contributed by atoms with van der Waals surface area (Å²) >= 11 is 14.8. The van der Waals surface area contributed by atoms with Gasteiger partial charge in [0.1, 0.15) is 0 Å². The zero-order valence-corrected chi connectivity index (χ0v) is 11.2. The Labute approximate surface area is 102 Å². The first-order valence-corrected chi connectivity index (χ1v) is 6.76. The Morgan fingerprint density at radius 3 is 2.85 bits per heavy atom. The Kier molecular flexibility index (Phi) is 2.98. The van der Waals surface area contributed by atoms with Crippen LogP contribution in [0.3, 0.4) is 0 Å². The number of halogens is 3. The second-order valence-corrected chi connectivity index (χ2v) is 5.91. The zero-order valence-electron chi connectivity index (χ0n) is 6.48. The summed E-state index contributed by atoms with van der Waals surface area (Å²) in [6.07, 6.45) is 0. The normalized spacial score (nSPS) is 11.0. The average molecular weight is 340 g/mol. The lowest BCUT2D eigenvalue weighted by atomic mass is 10.2. The van der Waals surface area contributed by atoms with E-state index >= 15 is 0 Å². The van der Waals surface area contributed by atoms with Gasteiger partial charge in [0, 0.05) is 5.33 Å². The van der Waals surface area contributed by atoms with Crippen molar-refractivity contribution in [2.24, 2.45) is 0 Å². The van der Waals surface area contributed by atoms with Gasteiger partial charge in [0.2, 0.25) is 0 Å². The van der Waals surface area contributed by atoms with Gasteiger partial charge in [-0.2, -0.15) is 0 Å². The lowest BCUT2D eigenvalue weighted by Gasteiger charge is -1.94. The van der Waals surface area contributed by atoms with E-state index < -0.39 is 0 Å². The molecule has 0 bridgehead atoms. The molecule has 0 aliphatic heterocycles. The summed E-state index contributed by atoms with van der Waals surface area (Å²) in [5.41, 5.74) is 1.28. The average Bonchev–Trinajstić information content (AvgIpc) is 2.43. The molecule has 1 aromatic carbocycles. The monoisotopic (exact) mass is 338 g/mol. The highest BCUT2D eigenvalue weighted by molar-refractivity contribution is 9.11. The highest BCUT2D eigenvalue weighted by Crippen LogP contribution is 2.39. The molecule has 0 aliphatic rings. The quantitative estimate of drug-likeness (QED) is 0.625. The Morgan fingerprint density at radius 2 is 2.15 bits per heavy atom. The van der Waals surface area contributed by atoms with Gasteiger partial charge in [0.05, 0.1) is 13.5 Å². The highest BCUT2D eigenvalue weighted by atomic mass is 79.9. The van der Waals surface area contributed by atoms with Crippen LogP contribution in [0.25, 0.3) is 10.1 Å². The van der Waals surface area contributed by atoms with Gasteiger partial charge in [0.15, 0.2) is 0 Å². The summed E-state index contributed by atoms with van der Waals surface area (Å²) in [6.45, 7) is 0. The number of hydrogen-bond acceptors (Lipinski definition) is 1. The van der Waals surface area contributed by atoms with Crippen molar-refractivity contribution >= 4 is 64.9 Å². The van der Waals surface area contributed by atoms with Gasteiger partial charge in [-0.3, -0.25) is 0 Å². The Morgan fingerprint density at radius 1 is 1.38 bits per heavy atom. The molecule has 0 radical (unpaired) electrons. The summed E-state index contributed by atoms with van der Waals surface area (Å²) in [4.78, 5) is 0. The van der Waals surface area contributed by atoms with E-state index in [-0.39, 0.29) is 0 Å². The molecule has 68 valence electrons. The fraction of sp³-hybridized carbons (Fsp3) is 0.111. The lowest BCUT2D eigenvalue weighted by molar-refractivity contribution is 1.52. The molecule has 1 aromatic heterocycles. The first kappa shape index (κ1) is 9.97. The van der Waals surface area contributed by atoms with Crippen LogP contribution in [-0.2, 0) is 5.33 Å². The van der Waals surface area contributed by atoms with Crippen molar-refractivity contribution in [2.75, 3.05) is 0 Å². The number of fused-ring (bicyclic) bond motifs is 1. The summed E-state index contributed by atoms with van der Waals surface area (Å²) in [5, 5.41) is 2.92. The summed E-state index contributed by atoms with van der Waals surface area (Å²) in [7, 11) is 0. The third kappa shape index (κ3) is 1.67. The molecular weight excluding hydrogens is 335 g/mol. The van der Waals surface area contributed by atoms with E-state index in [1.54, 1.807) is 11.3 Å². The van der Waals surface area contributed by atoms with Gasteiger partial charge in [-0.1, -0.05) is 39.7 Å². The molecule has 1 heterocycles. The molecule has 2 aromatic rings. The number of rotatable bonds is 1. The summed E-state index contributed by atoms with van der Waals surface area (Å²) < 4.78 is 2.32. The SMILES string of the molecule is Clc1cccc2c(CBr)c(Br)sc12. The number of hydrogen-bond donors (Lipinski definition) is 0. The fourth-order valence-corrected chi connectivity index (χ4v) is 4.46. The minimum atomic E-state index is 0.829. The number of thiophene rings is 1. The Balaban J connectivity index is 2.86. The van der Waals surface area contributed by atoms with E-state index in [2.05, 4.69) is 37.9 Å². The molecule has 4 heteroatoms. The first-order chi connectivity index (χ1) is 6.24. The molecule has 0 nitrogen and oxygen atoms in total. The summed E-state index contributed by atoms with van der Waals surface area (Å²) in [6, 6.07) is 6.00. The standard InChI is InChI=1S/C9H5Br2ClS/c10-4-6-5-2-1-3-7(12)8(5)13-9(6)11/h1-3H,4H2. The maximum Gasteiger partial charge on any atom is 0.0752 e. The van der Waals surface area contributed by atoms with Gasteiger partial charge in [-0.25, -0.2) is 0 Å².